The van der Waals surface area contributed by atoms with Gasteiger partial charge in [-0.2, -0.15) is 0 Å². The van der Waals surface area contributed by atoms with E-state index in [9.17, 15) is 0 Å². The van der Waals surface area contributed by atoms with Crippen LogP contribution >= 0.6 is 23.1 Å². The van der Waals surface area contributed by atoms with E-state index in [1.54, 1.807) is 37.3 Å². The normalized spacial score (nSPS) is 10.6. The van der Waals surface area contributed by atoms with Gasteiger partial charge in [-0.15, -0.1) is 23.1 Å². The van der Waals surface area contributed by atoms with Crippen molar-refractivity contribution < 1.29 is 14.2 Å². The number of thiazole rings is 1. The van der Waals surface area contributed by atoms with Gasteiger partial charge in [0.25, 0.3) is 0 Å². The third kappa shape index (κ3) is 4.51. The molecule has 26 heavy (non-hydrogen) atoms. The fraction of sp³-hybridized carbons (Fsp3) is 0.250. The van der Waals surface area contributed by atoms with E-state index in [0.29, 0.717) is 6.61 Å². The Morgan fingerprint density at radius 3 is 2.69 bits per heavy atom. The second-order valence-electron chi connectivity index (χ2n) is 5.41. The van der Waals surface area contributed by atoms with Crippen molar-refractivity contribution in [3.05, 3.63) is 53.5 Å². The van der Waals surface area contributed by atoms with Gasteiger partial charge in [-0.25, -0.2) is 4.98 Å². The van der Waals surface area contributed by atoms with Crippen LogP contribution < -0.4 is 14.2 Å². The molecule has 2 aromatic carbocycles. The Balaban J connectivity index is 1.71. The van der Waals surface area contributed by atoms with E-state index in [2.05, 4.69) is 11.4 Å². The minimum Gasteiger partial charge on any atom is -0.497 e. The van der Waals surface area contributed by atoms with Crippen LogP contribution in [0.1, 0.15) is 12.6 Å². The summed E-state index contributed by atoms with van der Waals surface area (Å²) >= 11 is 3.39. The molecule has 3 aromatic rings. The lowest BCUT2D eigenvalue weighted by Crippen LogP contribution is -1.95. The van der Waals surface area contributed by atoms with Gasteiger partial charge >= 0.3 is 0 Å². The van der Waals surface area contributed by atoms with Gasteiger partial charge < -0.3 is 14.2 Å². The van der Waals surface area contributed by atoms with Gasteiger partial charge in [0.15, 0.2) is 11.5 Å². The molecule has 0 saturated carbocycles. The number of hydrogen-bond donors (Lipinski definition) is 0. The van der Waals surface area contributed by atoms with E-state index in [1.165, 1.54) is 4.90 Å². The molecule has 0 unspecified atom stereocenters. The van der Waals surface area contributed by atoms with Crippen LogP contribution in [0.4, 0.5) is 0 Å². The Hall–Kier alpha value is -2.18. The minimum absolute atomic E-state index is 0.610. The molecule has 0 radical (unpaired) electrons. The van der Waals surface area contributed by atoms with E-state index in [-0.39, 0.29) is 0 Å². The van der Waals surface area contributed by atoms with Crippen molar-refractivity contribution in [2.75, 3.05) is 20.8 Å². The zero-order chi connectivity index (χ0) is 18.4. The first kappa shape index (κ1) is 18.6. The van der Waals surface area contributed by atoms with Gasteiger partial charge in [0.05, 0.1) is 26.5 Å². The number of methoxy groups -OCH3 is 2. The number of thioether (sulfide) groups is 1. The SMILES string of the molecule is CCOc1ccc(-c2nc(CSc3cccc(OC)c3)cs2)cc1OC. The average molecular weight is 388 g/mol. The second-order valence-corrected chi connectivity index (χ2v) is 7.32. The number of ether oxygens (including phenoxy) is 3. The average Bonchev–Trinajstić information content (AvgIpc) is 3.16. The first-order valence-electron chi connectivity index (χ1n) is 8.26. The van der Waals surface area contributed by atoms with E-state index >= 15 is 0 Å². The van der Waals surface area contributed by atoms with Crippen molar-refractivity contribution in [1.29, 1.82) is 0 Å². The highest BCUT2D eigenvalue weighted by atomic mass is 32.2. The largest absolute Gasteiger partial charge is 0.497 e. The van der Waals surface area contributed by atoms with Gasteiger partial charge in [0, 0.05) is 21.6 Å². The predicted octanol–water partition coefficient (Wildman–Crippen LogP) is 5.52. The third-order valence-electron chi connectivity index (χ3n) is 3.69. The summed E-state index contributed by atoms with van der Waals surface area (Å²) in [7, 11) is 3.33. The molecular formula is C20H21NO3S2. The number of benzene rings is 2. The summed E-state index contributed by atoms with van der Waals surface area (Å²) in [6.45, 7) is 2.57. The molecule has 0 aliphatic heterocycles. The molecule has 1 aromatic heterocycles. The molecule has 3 rings (SSSR count). The lowest BCUT2D eigenvalue weighted by atomic mass is 10.2. The molecule has 0 amide bonds. The first-order chi connectivity index (χ1) is 12.7. The molecule has 0 atom stereocenters. The topological polar surface area (TPSA) is 40.6 Å². The molecule has 136 valence electrons. The number of nitrogens with zero attached hydrogens (tertiary/aromatic N) is 1. The van der Waals surface area contributed by atoms with E-state index in [0.717, 1.165) is 39.3 Å². The smallest absolute Gasteiger partial charge is 0.161 e. The van der Waals surface area contributed by atoms with E-state index in [1.807, 2.05) is 43.3 Å². The van der Waals surface area contributed by atoms with E-state index < -0.39 is 0 Å². The molecule has 0 spiro atoms. The Kier molecular flexibility index (Phi) is 6.41. The van der Waals surface area contributed by atoms with E-state index in [4.69, 9.17) is 19.2 Å². The fourth-order valence-electron chi connectivity index (χ4n) is 2.43. The molecule has 1 heterocycles. The van der Waals surface area contributed by atoms with Crippen molar-refractivity contribution in [3.63, 3.8) is 0 Å². The molecule has 6 heteroatoms. The maximum absolute atomic E-state index is 5.57. The van der Waals surface area contributed by atoms with Crippen LogP contribution in [0.5, 0.6) is 17.2 Å². The Morgan fingerprint density at radius 1 is 1.04 bits per heavy atom. The standard InChI is InChI=1S/C20H21NO3S2/c1-4-24-18-9-8-14(10-19(18)23-3)20-21-15(13-26-20)12-25-17-7-5-6-16(11-17)22-2/h5-11,13H,4,12H2,1-3H3. The van der Waals surface area contributed by atoms with Crippen molar-refractivity contribution in [2.24, 2.45) is 0 Å². The maximum Gasteiger partial charge on any atom is 0.161 e. The summed E-state index contributed by atoms with van der Waals surface area (Å²) < 4.78 is 16.3. The molecule has 4 nitrogen and oxygen atoms in total. The Bertz CT molecular complexity index is 864. The van der Waals surface area contributed by atoms with Crippen LogP contribution in [0.15, 0.2) is 52.7 Å². The second kappa shape index (κ2) is 8.96. The summed E-state index contributed by atoms with van der Waals surface area (Å²) in [5, 5.41) is 3.08. The van der Waals surface area contributed by atoms with Crippen molar-refractivity contribution in [1.82, 2.24) is 4.98 Å². The molecular weight excluding hydrogens is 366 g/mol. The molecule has 0 aliphatic carbocycles. The first-order valence-corrected chi connectivity index (χ1v) is 10.1. The third-order valence-corrected chi connectivity index (χ3v) is 5.66. The molecule has 0 saturated heterocycles. The molecule has 0 N–H and O–H groups in total. The van der Waals surface area contributed by atoms with Gasteiger partial charge in [-0.05, 0) is 43.3 Å². The highest BCUT2D eigenvalue weighted by Crippen LogP contribution is 2.34. The van der Waals surface area contributed by atoms with Gasteiger partial charge in [0.2, 0.25) is 0 Å². The van der Waals surface area contributed by atoms with Crippen molar-refractivity contribution in [2.45, 2.75) is 17.6 Å². The van der Waals surface area contributed by atoms with Crippen LogP contribution in [0.3, 0.4) is 0 Å². The van der Waals surface area contributed by atoms with Crippen molar-refractivity contribution in [3.8, 4) is 27.8 Å². The molecule has 0 aliphatic rings. The summed E-state index contributed by atoms with van der Waals surface area (Å²) in [5.74, 6) is 3.17. The maximum atomic E-state index is 5.57. The number of hydrogen-bond acceptors (Lipinski definition) is 6. The zero-order valence-electron chi connectivity index (χ0n) is 15.0. The highest BCUT2D eigenvalue weighted by molar-refractivity contribution is 7.98. The number of rotatable bonds is 8. The zero-order valence-corrected chi connectivity index (χ0v) is 16.7. The monoisotopic (exact) mass is 387 g/mol. The highest BCUT2D eigenvalue weighted by Gasteiger charge is 2.10. The molecule has 0 bridgehead atoms. The van der Waals surface area contributed by atoms with Crippen LogP contribution in [0, 0.1) is 0 Å². The number of aromatic nitrogens is 1. The Labute approximate surface area is 162 Å². The minimum atomic E-state index is 0.610. The van der Waals surface area contributed by atoms with Gasteiger partial charge in [0.1, 0.15) is 10.8 Å². The van der Waals surface area contributed by atoms with Gasteiger partial charge in [-0.1, -0.05) is 6.07 Å². The van der Waals surface area contributed by atoms with Gasteiger partial charge in [-0.3, -0.25) is 0 Å². The van der Waals surface area contributed by atoms with Crippen LogP contribution in [0.2, 0.25) is 0 Å². The quantitative estimate of drug-likeness (QED) is 0.476. The lowest BCUT2D eigenvalue weighted by molar-refractivity contribution is 0.311. The Morgan fingerprint density at radius 2 is 1.92 bits per heavy atom. The van der Waals surface area contributed by atoms with Crippen LogP contribution in [-0.2, 0) is 5.75 Å². The van der Waals surface area contributed by atoms with Crippen molar-refractivity contribution >= 4 is 23.1 Å². The van der Waals surface area contributed by atoms with Crippen LogP contribution in [0.25, 0.3) is 10.6 Å². The summed E-state index contributed by atoms with van der Waals surface area (Å²) in [5.41, 5.74) is 2.10. The molecule has 0 fully saturated rings. The van der Waals surface area contributed by atoms with Crippen LogP contribution in [-0.4, -0.2) is 25.8 Å². The summed E-state index contributed by atoms with van der Waals surface area (Å²) in [4.78, 5) is 5.93. The summed E-state index contributed by atoms with van der Waals surface area (Å²) in [6, 6.07) is 14.0. The summed E-state index contributed by atoms with van der Waals surface area (Å²) in [6.07, 6.45) is 0. The lowest BCUT2D eigenvalue weighted by Gasteiger charge is -2.09. The predicted molar refractivity (Wildman–Crippen MR) is 108 cm³/mol. The fourth-order valence-corrected chi connectivity index (χ4v) is 4.19.